The normalized spacial score (nSPS) is 11.5. The third-order valence-electron chi connectivity index (χ3n) is 2.59. The number of rotatable bonds is 3. The van der Waals surface area contributed by atoms with E-state index in [-0.39, 0.29) is 4.90 Å². The van der Waals surface area contributed by atoms with Crippen LogP contribution in [0.2, 0.25) is 0 Å². The van der Waals surface area contributed by atoms with Gasteiger partial charge in [0.15, 0.2) is 0 Å². The Kier molecular flexibility index (Phi) is 6.26. The molecule has 6 heteroatoms. The zero-order valence-electron chi connectivity index (χ0n) is 11.1. The summed E-state index contributed by atoms with van der Waals surface area (Å²) in [5.74, 6) is 0. The molecule has 1 rings (SSSR count). The van der Waals surface area contributed by atoms with Crippen molar-refractivity contribution < 1.29 is 17.7 Å². The standard InChI is InChI=1S/C13H17F3NS2/c1-4-17(5-2)12(18-3)19-11-9-7-6-8-10(11)13(14,15)16/h6-9H,4-5H2,1-3H3/q+1. The van der Waals surface area contributed by atoms with E-state index in [1.807, 2.05) is 20.1 Å². The molecule has 0 saturated heterocycles. The maximum Gasteiger partial charge on any atom is 0.417 e. The molecule has 1 aromatic rings. The SMILES string of the molecule is CC[N+](CC)=C(SC)Sc1ccccc1C(F)(F)F. The first kappa shape index (κ1) is 16.4. The lowest BCUT2D eigenvalue weighted by Gasteiger charge is -2.12. The van der Waals surface area contributed by atoms with Gasteiger partial charge in [0.25, 0.3) is 4.38 Å². The van der Waals surface area contributed by atoms with Crippen molar-refractivity contribution in [2.24, 2.45) is 0 Å². The van der Waals surface area contributed by atoms with Gasteiger partial charge in [0.05, 0.1) is 5.56 Å². The summed E-state index contributed by atoms with van der Waals surface area (Å²) >= 11 is 2.66. The molecule has 0 fully saturated rings. The lowest BCUT2D eigenvalue weighted by Crippen LogP contribution is -2.17. The van der Waals surface area contributed by atoms with Gasteiger partial charge in [-0.1, -0.05) is 23.9 Å². The fourth-order valence-electron chi connectivity index (χ4n) is 1.60. The Labute approximate surface area is 120 Å². The Morgan fingerprint density at radius 1 is 1.16 bits per heavy atom. The van der Waals surface area contributed by atoms with E-state index >= 15 is 0 Å². The van der Waals surface area contributed by atoms with Crippen molar-refractivity contribution in [1.29, 1.82) is 0 Å². The molecule has 0 saturated carbocycles. The highest BCUT2D eigenvalue weighted by Gasteiger charge is 2.34. The number of benzene rings is 1. The lowest BCUT2D eigenvalue weighted by atomic mass is 10.2. The number of hydrogen-bond donors (Lipinski definition) is 0. The third-order valence-corrected chi connectivity index (χ3v) is 4.95. The second kappa shape index (κ2) is 7.24. The molecule has 1 aromatic carbocycles. The molecule has 0 unspecified atom stereocenters. The van der Waals surface area contributed by atoms with Gasteiger partial charge in [0, 0.05) is 4.90 Å². The van der Waals surface area contributed by atoms with Gasteiger partial charge in [-0.2, -0.15) is 13.2 Å². The van der Waals surface area contributed by atoms with Gasteiger partial charge in [-0.15, -0.1) is 0 Å². The van der Waals surface area contributed by atoms with Crippen LogP contribution in [0.1, 0.15) is 19.4 Å². The smallest absolute Gasteiger partial charge is 0.219 e. The molecule has 0 aliphatic carbocycles. The average Bonchev–Trinajstić information content (AvgIpc) is 2.38. The van der Waals surface area contributed by atoms with Crippen LogP contribution < -0.4 is 0 Å². The summed E-state index contributed by atoms with van der Waals surface area (Å²) < 4.78 is 41.7. The maximum absolute atomic E-state index is 12.9. The molecule has 1 nitrogen and oxygen atoms in total. The minimum absolute atomic E-state index is 0.256. The molecule has 0 amide bonds. The molecular weight excluding hydrogens is 291 g/mol. The van der Waals surface area contributed by atoms with Crippen molar-refractivity contribution in [3.05, 3.63) is 29.8 Å². The van der Waals surface area contributed by atoms with Crippen LogP contribution in [-0.2, 0) is 6.18 Å². The first-order chi connectivity index (χ1) is 8.93. The number of halogens is 3. The molecule has 106 valence electrons. The number of alkyl halides is 3. The van der Waals surface area contributed by atoms with Gasteiger partial charge >= 0.3 is 6.18 Å². The fraction of sp³-hybridized carbons (Fsp3) is 0.462. The number of hydrogen-bond acceptors (Lipinski definition) is 2. The molecule has 0 aliphatic heterocycles. The summed E-state index contributed by atoms with van der Waals surface area (Å²) in [4.78, 5) is 0.256. The van der Waals surface area contributed by atoms with E-state index in [9.17, 15) is 13.2 Å². The van der Waals surface area contributed by atoms with E-state index < -0.39 is 11.7 Å². The van der Waals surface area contributed by atoms with Crippen LogP contribution >= 0.6 is 23.5 Å². The van der Waals surface area contributed by atoms with Crippen LogP contribution in [0.5, 0.6) is 0 Å². The maximum atomic E-state index is 12.9. The summed E-state index contributed by atoms with van der Waals surface area (Å²) in [6.45, 7) is 5.56. The topological polar surface area (TPSA) is 3.01 Å². The largest absolute Gasteiger partial charge is 0.417 e. The summed E-state index contributed by atoms with van der Waals surface area (Å²) in [5, 5.41) is 0. The predicted molar refractivity (Wildman–Crippen MR) is 77.2 cm³/mol. The minimum atomic E-state index is -4.31. The van der Waals surface area contributed by atoms with E-state index in [0.29, 0.717) is 0 Å². The summed E-state index contributed by atoms with van der Waals surface area (Å²) in [7, 11) is 0. The average molecular weight is 308 g/mol. The third kappa shape index (κ3) is 4.45. The molecular formula is C13H17F3NS2+. The Balaban J connectivity index is 3.15. The molecule has 0 spiro atoms. The van der Waals surface area contributed by atoms with Crippen molar-refractivity contribution in [1.82, 2.24) is 0 Å². The van der Waals surface area contributed by atoms with Gasteiger partial charge in [-0.25, -0.2) is 4.58 Å². The van der Waals surface area contributed by atoms with Crippen molar-refractivity contribution in [2.75, 3.05) is 19.3 Å². The lowest BCUT2D eigenvalue weighted by molar-refractivity contribution is -0.515. The van der Waals surface area contributed by atoms with Crippen LogP contribution in [0.15, 0.2) is 29.2 Å². The predicted octanol–water partition coefficient (Wildman–Crippen LogP) is 4.57. The highest BCUT2D eigenvalue weighted by atomic mass is 32.2. The van der Waals surface area contributed by atoms with Gasteiger partial charge in [0.2, 0.25) is 0 Å². The monoisotopic (exact) mass is 308 g/mol. The van der Waals surface area contributed by atoms with Crippen LogP contribution in [0.25, 0.3) is 0 Å². The van der Waals surface area contributed by atoms with Crippen LogP contribution in [0, 0.1) is 0 Å². The second-order valence-electron chi connectivity index (χ2n) is 3.74. The van der Waals surface area contributed by atoms with E-state index in [0.717, 1.165) is 23.5 Å². The molecule has 0 atom stereocenters. The van der Waals surface area contributed by atoms with Gasteiger partial charge in [0.1, 0.15) is 13.1 Å². The van der Waals surface area contributed by atoms with Gasteiger partial charge in [-0.3, -0.25) is 0 Å². The van der Waals surface area contributed by atoms with Crippen molar-refractivity contribution in [3.8, 4) is 0 Å². The quantitative estimate of drug-likeness (QED) is 0.348. The molecule has 0 aliphatic rings. The zero-order valence-corrected chi connectivity index (χ0v) is 12.8. The molecule has 19 heavy (non-hydrogen) atoms. The summed E-state index contributed by atoms with van der Waals surface area (Å²) in [5.41, 5.74) is -0.571. The highest BCUT2D eigenvalue weighted by Crippen LogP contribution is 2.38. The zero-order chi connectivity index (χ0) is 14.5. The summed E-state index contributed by atoms with van der Waals surface area (Å²) in [6, 6.07) is 5.70. The van der Waals surface area contributed by atoms with Crippen molar-refractivity contribution in [2.45, 2.75) is 24.9 Å². The van der Waals surface area contributed by atoms with E-state index in [1.165, 1.54) is 35.7 Å². The van der Waals surface area contributed by atoms with Crippen LogP contribution in [0.4, 0.5) is 13.2 Å². The second-order valence-corrected chi connectivity index (χ2v) is 5.82. The molecule has 0 aromatic heterocycles. The van der Waals surface area contributed by atoms with Crippen molar-refractivity contribution >= 4 is 27.9 Å². The molecule has 0 radical (unpaired) electrons. The first-order valence-electron chi connectivity index (χ1n) is 5.94. The number of thioether (sulfide) groups is 2. The highest BCUT2D eigenvalue weighted by molar-refractivity contribution is 8.38. The van der Waals surface area contributed by atoms with Crippen LogP contribution in [0.3, 0.4) is 0 Å². The Morgan fingerprint density at radius 3 is 2.21 bits per heavy atom. The summed E-state index contributed by atoms with van der Waals surface area (Å²) in [6.07, 6.45) is -2.42. The van der Waals surface area contributed by atoms with E-state index in [2.05, 4.69) is 4.58 Å². The first-order valence-corrected chi connectivity index (χ1v) is 7.98. The van der Waals surface area contributed by atoms with Crippen LogP contribution in [-0.4, -0.2) is 28.3 Å². The van der Waals surface area contributed by atoms with E-state index in [1.54, 1.807) is 6.07 Å². The Hall–Kier alpha value is -0.620. The van der Waals surface area contributed by atoms with Gasteiger partial charge < -0.3 is 0 Å². The molecule has 0 heterocycles. The minimum Gasteiger partial charge on any atom is -0.219 e. The van der Waals surface area contributed by atoms with Crippen molar-refractivity contribution in [3.63, 3.8) is 0 Å². The van der Waals surface area contributed by atoms with Gasteiger partial charge in [-0.05, 0) is 44.0 Å². The van der Waals surface area contributed by atoms with E-state index in [4.69, 9.17) is 0 Å². The Morgan fingerprint density at radius 2 is 1.74 bits per heavy atom. The molecule has 0 bridgehead atoms. The number of nitrogens with zero attached hydrogens (tertiary/aromatic N) is 1. The fourth-order valence-corrected chi connectivity index (χ4v) is 3.74. The molecule has 0 N–H and O–H groups in total. The Bertz CT molecular complexity index is 449.